The Kier molecular flexibility index (Phi) is 4.33. The molecule has 1 aromatic rings. The van der Waals surface area contributed by atoms with Gasteiger partial charge in [-0.25, -0.2) is 0 Å². The largest absolute Gasteiger partial charge is 0.469 e. The lowest BCUT2D eigenvalue weighted by molar-refractivity contribution is -0.142. The highest BCUT2D eigenvalue weighted by Gasteiger charge is 2.20. The van der Waals surface area contributed by atoms with E-state index in [-0.39, 0.29) is 11.9 Å². The summed E-state index contributed by atoms with van der Waals surface area (Å²) in [5, 5.41) is 0. The molecule has 0 aromatic heterocycles. The van der Waals surface area contributed by atoms with Crippen LogP contribution in [-0.2, 0) is 9.53 Å². The Morgan fingerprint density at radius 3 is 2.67 bits per heavy atom. The van der Waals surface area contributed by atoms with Gasteiger partial charge in [-0.1, -0.05) is 28.9 Å². The minimum Gasteiger partial charge on any atom is -0.469 e. The second kappa shape index (κ2) is 5.31. The molecule has 0 aliphatic heterocycles. The quantitative estimate of drug-likeness (QED) is 0.787. The molecular weight excluding hydrogens is 256 g/mol. The van der Waals surface area contributed by atoms with Gasteiger partial charge < -0.3 is 4.74 Å². The Morgan fingerprint density at radius 1 is 1.53 bits per heavy atom. The van der Waals surface area contributed by atoms with Gasteiger partial charge in [-0.05, 0) is 36.6 Å². The molecule has 0 N–H and O–H groups in total. The van der Waals surface area contributed by atoms with Crippen molar-refractivity contribution in [3.63, 3.8) is 0 Å². The Hall–Kier alpha value is -0.830. The first kappa shape index (κ1) is 12.2. The van der Waals surface area contributed by atoms with Crippen LogP contribution >= 0.6 is 15.9 Å². The fraction of sp³-hybridized carbons (Fsp3) is 0.417. The van der Waals surface area contributed by atoms with Crippen LogP contribution in [0.25, 0.3) is 0 Å². The van der Waals surface area contributed by atoms with Gasteiger partial charge in [-0.15, -0.1) is 0 Å². The molecule has 0 radical (unpaired) electrons. The summed E-state index contributed by atoms with van der Waals surface area (Å²) >= 11 is 3.41. The number of carbonyl (C=O) groups is 1. The first-order valence-corrected chi connectivity index (χ1v) is 5.73. The second-order valence-electron chi connectivity index (χ2n) is 3.48. The number of ether oxygens (including phenoxy) is 1. The molecule has 2 nitrogen and oxygen atoms in total. The van der Waals surface area contributed by atoms with Gasteiger partial charge in [0.1, 0.15) is 0 Å². The predicted molar refractivity (Wildman–Crippen MR) is 63.9 cm³/mol. The van der Waals surface area contributed by atoms with Gasteiger partial charge in [0.05, 0.1) is 13.0 Å². The highest BCUT2D eigenvalue weighted by atomic mass is 79.9. The number of hydrogen-bond donors (Lipinski definition) is 0. The number of benzene rings is 1. The van der Waals surface area contributed by atoms with Crippen molar-refractivity contribution in [2.45, 2.75) is 26.2 Å². The van der Waals surface area contributed by atoms with Crippen LogP contribution in [0.3, 0.4) is 0 Å². The summed E-state index contributed by atoms with van der Waals surface area (Å²) < 4.78 is 5.82. The average molecular weight is 271 g/mol. The Morgan fingerprint density at radius 2 is 2.20 bits per heavy atom. The molecule has 0 saturated heterocycles. The van der Waals surface area contributed by atoms with Gasteiger partial charge in [0, 0.05) is 4.47 Å². The zero-order valence-corrected chi connectivity index (χ0v) is 10.8. The van der Waals surface area contributed by atoms with Crippen LogP contribution in [-0.4, -0.2) is 13.1 Å². The zero-order chi connectivity index (χ0) is 11.4. The molecule has 1 rings (SSSR count). The lowest BCUT2D eigenvalue weighted by Crippen LogP contribution is -2.14. The molecule has 0 heterocycles. The van der Waals surface area contributed by atoms with E-state index >= 15 is 0 Å². The van der Waals surface area contributed by atoms with Crippen molar-refractivity contribution in [3.05, 3.63) is 33.8 Å². The fourth-order valence-corrected chi connectivity index (χ4v) is 2.16. The summed E-state index contributed by atoms with van der Waals surface area (Å²) in [5.41, 5.74) is 2.16. The van der Waals surface area contributed by atoms with E-state index in [9.17, 15) is 4.79 Å². The van der Waals surface area contributed by atoms with E-state index in [0.29, 0.717) is 0 Å². The molecule has 1 atom stereocenters. The first-order valence-electron chi connectivity index (χ1n) is 4.94. The zero-order valence-electron chi connectivity index (χ0n) is 9.21. The molecule has 0 fully saturated rings. The van der Waals surface area contributed by atoms with Crippen molar-refractivity contribution >= 4 is 21.9 Å². The van der Waals surface area contributed by atoms with Crippen LogP contribution in [0.5, 0.6) is 0 Å². The topological polar surface area (TPSA) is 26.3 Å². The van der Waals surface area contributed by atoms with Gasteiger partial charge >= 0.3 is 5.97 Å². The summed E-state index contributed by atoms with van der Waals surface area (Å²) in [4.78, 5) is 11.5. The molecule has 3 heteroatoms. The van der Waals surface area contributed by atoms with Gasteiger partial charge in [0.15, 0.2) is 0 Å². The number of carbonyl (C=O) groups excluding carboxylic acids is 1. The van der Waals surface area contributed by atoms with Crippen molar-refractivity contribution in [2.75, 3.05) is 7.11 Å². The van der Waals surface area contributed by atoms with E-state index in [1.165, 1.54) is 7.11 Å². The summed E-state index contributed by atoms with van der Waals surface area (Å²) in [6.07, 6.45) is 0.759. The molecule has 0 amide bonds. The van der Waals surface area contributed by atoms with E-state index in [2.05, 4.69) is 15.9 Å². The van der Waals surface area contributed by atoms with Crippen LogP contribution in [0, 0.1) is 6.92 Å². The van der Waals surface area contributed by atoms with Crippen LogP contribution in [0.15, 0.2) is 22.7 Å². The lowest BCUT2D eigenvalue weighted by Gasteiger charge is -2.15. The second-order valence-corrected chi connectivity index (χ2v) is 4.40. The third kappa shape index (κ3) is 2.81. The number of methoxy groups -OCH3 is 1. The standard InChI is InChI=1S/C12H15BrO2/c1-4-10(12(14)15-3)11-6-5-9(13)7-8(11)2/h5-7,10H,4H2,1-3H3. The minimum atomic E-state index is -0.164. The van der Waals surface area contributed by atoms with E-state index in [1.807, 2.05) is 32.0 Å². The number of hydrogen-bond acceptors (Lipinski definition) is 2. The fourth-order valence-electron chi connectivity index (χ4n) is 1.69. The Bertz CT molecular complexity index is 361. The van der Waals surface area contributed by atoms with Crippen LogP contribution in [0.4, 0.5) is 0 Å². The summed E-state index contributed by atoms with van der Waals surface area (Å²) in [5.74, 6) is -0.314. The SMILES string of the molecule is CCC(C(=O)OC)c1ccc(Br)cc1C. The van der Waals surface area contributed by atoms with Gasteiger partial charge in [0.2, 0.25) is 0 Å². The molecule has 0 spiro atoms. The maximum Gasteiger partial charge on any atom is 0.313 e. The molecule has 0 aliphatic rings. The number of halogens is 1. The molecule has 0 saturated carbocycles. The smallest absolute Gasteiger partial charge is 0.313 e. The van der Waals surface area contributed by atoms with E-state index in [0.717, 1.165) is 22.0 Å². The number of aryl methyl sites for hydroxylation is 1. The maximum absolute atomic E-state index is 11.5. The third-order valence-corrected chi connectivity index (χ3v) is 2.99. The van der Waals surface area contributed by atoms with E-state index < -0.39 is 0 Å². The van der Waals surface area contributed by atoms with Crippen LogP contribution in [0.1, 0.15) is 30.4 Å². The monoisotopic (exact) mass is 270 g/mol. The summed E-state index contributed by atoms with van der Waals surface area (Å²) in [7, 11) is 1.43. The molecular formula is C12H15BrO2. The van der Waals surface area contributed by atoms with Crippen LogP contribution in [0.2, 0.25) is 0 Å². The molecule has 1 unspecified atom stereocenters. The summed E-state index contributed by atoms with van der Waals surface area (Å²) in [6.45, 7) is 3.99. The van der Waals surface area contributed by atoms with Gasteiger partial charge in [0.25, 0.3) is 0 Å². The highest BCUT2D eigenvalue weighted by molar-refractivity contribution is 9.10. The van der Waals surface area contributed by atoms with Crippen molar-refractivity contribution in [1.29, 1.82) is 0 Å². The third-order valence-electron chi connectivity index (χ3n) is 2.50. The number of rotatable bonds is 3. The van der Waals surface area contributed by atoms with Crippen LogP contribution < -0.4 is 0 Å². The van der Waals surface area contributed by atoms with E-state index in [1.54, 1.807) is 0 Å². The van der Waals surface area contributed by atoms with Gasteiger partial charge in [-0.2, -0.15) is 0 Å². The van der Waals surface area contributed by atoms with Crippen molar-refractivity contribution in [3.8, 4) is 0 Å². The Labute approximate surface area is 98.8 Å². The lowest BCUT2D eigenvalue weighted by atomic mass is 9.93. The van der Waals surface area contributed by atoms with Gasteiger partial charge in [-0.3, -0.25) is 4.79 Å². The van der Waals surface area contributed by atoms with E-state index in [4.69, 9.17) is 4.74 Å². The van der Waals surface area contributed by atoms with Crippen molar-refractivity contribution in [1.82, 2.24) is 0 Å². The summed E-state index contributed by atoms with van der Waals surface area (Å²) in [6, 6.07) is 5.94. The minimum absolute atomic E-state index is 0.150. The highest BCUT2D eigenvalue weighted by Crippen LogP contribution is 2.26. The normalized spacial score (nSPS) is 12.3. The van der Waals surface area contributed by atoms with Crippen molar-refractivity contribution in [2.24, 2.45) is 0 Å². The predicted octanol–water partition coefficient (Wildman–Crippen LogP) is 3.42. The molecule has 1 aromatic carbocycles. The Balaban J connectivity index is 3.07. The average Bonchev–Trinajstić information content (AvgIpc) is 2.21. The first-order chi connectivity index (χ1) is 7.10. The number of esters is 1. The van der Waals surface area contributed by atoms with Crippen molar-refractivity contribution < 1.29 is 9.53 Å². The maximum atomic E-state index is 11.5. The molecule has 0 aliphatic carbocycles. The molecule has 15 heavy (non-hydrogen) atoms. The molecule has 0 bridgehead atoms. The molecule has 82 valence electrons.